The largest absolute Gasteiger partial charge is 0.457 e. The standard InChI is InChI=1S/C29H28N6O2/c1-21-18-23(10-12-27(21)37-24-7-3-2-4-8-24)33-28-25-19-22(9-11-26(25)31-20-32-28)6-5-13-34-14-16-35(17-15-34)29(30)36/h2-4,7-12,18-20H,13-17H2,1H3,(H2,30,36)(H,31,32,33). The molecule has 0 atom stereocenters. The number of amides is 2. The molecule has 1 aliphatic heterocycles. The lowest BCUT2D eigenvalue weighted by molar-refractivity contribution is 0.154. The highest BCUT2D eigenvalue weighted by Crippen LogP contribution is 2.29. The molecule has 0 unspecified atom stereocenters. The number of urea groups is 1. The van der Waals surface area contributed by atoms with Crippen LogP contribution in [0.15, 0.2) is 73.1 Å². The van der Waals surface area contributed by atoms with Crippen LogP contribution in [0.3, 0.4) is 0 Å². The molecule has 1 aromatic heterocycles. The molecule has 8 heteroatoms. The fourth-order valence-electron chi connectivity index (χ4n) is 4.21. The van der Waals surface area contributed by atoms with Gasteiger partial charge in [0.15, 0.2) is 0 Å². The molecule has 2 amide bonds. The van der Waals surface area contributed by atoms with Crippen LogP contribution in [0.5, 0.6) is 11.5 Å². The molecule has 2 heterocycles. The number of para-hydroxylation sites is 1. The van der Waals surface area contributed by atoms with E-state index in [1.807, 2.05) is 73.7 Å². The molecule has 37 heavy (non-hydrogen) atoms. The molecular weight excluding hydrogens is 464 g/mol. The highest BCUT2D eigenvalue weighted by atomic mass is 16.5. The van der Waals surface area contributed by atoms with Crippen molar-refractivity contribution in [3.05, 3.63) is 84.2 Å². The Morgan fingerprint density at radius 1 is 1.03 bits per heavy atom. The molecule has 1 saturated heterocycles. The molecule has 0 saturated carbocycles. The van der Waals surface area contributed by atoms with E-state index < -0.39 is 0 Å². The Kier molecular flexibility index (Phi) is 7.15. The minimum absolute atomic E-state index is 0.361. The number of hydrogen-bond acceptors (Lipinski definition) is 6. The zero-order valence-electron chi connectivity index (χ0n) is 20.6. The molecule has 0 spiro atoms. The highest BCUT2D eigenvalue weighted by Gasteiger charge is 2.18. The van der Waals surface area contributed by atoms with E-state index in [2.05, 4.69) is 32.0 Å². The number of aryl methyl sites for hydroxylation is 1. The predicted molar refractivity (Wildman–Crippen MR) is 145 cm³/mol. The van der Waals surface area contributed by atoms with Crippen LogP contribution >= 0.6 is 0 Å². The van der Waals surface area contributed by atoms with E-state index in [9.17, 15) is 4.79 Å². The van der Waals surface area contributed by atoms with Gasteiger partial charge in [0, 0.05) is 42.8 Å². The van der Waals surface area contributed by atoms with Crippen molar-refractivity contribution in [2.75, 3.05) is 38.0 Å². The molecule has 3 aromatic carbocycles. The van der Waals surface area contributed by atoms with Crippen LogP contribution in [0.2, 0.25) is 0 Å². The number of ether oxygens (including phenoxy) is 1. The van der Waals surface area contributed by atoms with Gasteiger partial charge >= 0.3 is 6.03 Å². The molecule has 4 aromatic rings. The zero-order valence-corrected chi connectivity index (χ0v) is 20.6. The Hall–Kier alpha value is -4.61. The second-order valence-electron chi connectivity index (χ2n) is 8.88. The highest BCUT2D eigenvalue weighted by molar-refractivity contribution is 5.91. The number of anilines is 2. The van der Waals surface area contributed by atoms with Crippen LogP contribution in [0.4, 0.5) is 16.3 Å². The van der Waals surface area contributed by atoms with E-state index in [1.54, 1.807) is 11.2 Å². The van der Waals surface area contributed by atoms with Crippen molar-refractivity contribution < 1.29 is 9.53 Å². The van der Waals surface area contributed by atoms with Crippen molar-refractivity contribution in [3.63, 3.8) is 0 Å². The SMILES string of the molecule is Cc1cc(Nc2ncnc3ccc(C#CCN4CCN(C(N)=O)CC4)cc23)ccc1Oc1ccccc1. The first-order chi connectivity index (χ1) is 18.0. The molecule has 1 fully saturated rings. The first-order valence-electron chi connectivity index (χ1n) is 12.2. The van der Waals surface area contributed by atoms with E-state index >= 15 is 0 Å². The monoisotopic (exact) mass is 492 g/mol. The van der Waals surface area contributed by atoms with Crippen LogP contribution in [0, 0.1) is 18.8 Å². The van der Waals surface area contributed by atoms with Crippen LogP contribution in [0.1, 0.15) is 11.1 Å². The van der Waals surface area contributed by atoms with E-state index in [4.69, 9.17) is 10.5 Å². The van der Waals surface area contributed by atoms with Crippen molar-refractivity contribution in [1.29, 1.82) is 0 Å². The molecule has 186 valence electrons. The number of rotatable bonds is 5. The number of carbonyl (C=O) groups is 1. The van der Waals surface area contributed by atoms with Crippen LogP contribution in [-0.2, 0) is 0 Å². The lowest BCUT2D eigenvalue weighted by Crippen LogP contribution is -2.50. The third kappa shape index (κ3) is 5.97. The number of aromatic nitrogens is 2. The summed E-state index contributed by atoms with van der Waals surface area (Å²) in [6, 6.07) is 21.3. The smallest absolute Gasteiger partial charge is 0.314 e. The van der Waals surface area contributed by atoms with Gasteiger partial charge in [0.1, 0.15) is 23.6 Å². The first kappa shape index (κ1) is 24.1. The normalized spacial score (nSPS) is 13.6. The number of nitrogens with two attached hydrogens (primary N) is 1. The van der Waals surface area contributed by atoms with E-state index in [0.717, 1.165) is 52.3 Å². The van der Waals surface area contributed by atoms with Crippen molar-refractivity contribution >= 4 is 28.4 Å². The van der Waals surface area contributed by atoms with Gasteiger partial charge in [0.05, 0.1) is 12.1 Å². The summed E-state index contributed by atoms with van der Waals surface area (Å²) < 4.78 is 6.00. The average molecular weight is 493 g/mol. The molecular formula is C29H28N6O2. The van der Waals surface area contributed by atoms with Gasteiger partial charge < -0.3 is 20.7 Å². The lowest BCUT2D eigenvalue weighted by Gasteiger charge is -2.32. The van der Waals surface area contributed by atoms with Gasteiger partial charge in [-0.2, -0.15) is 0 Å². The van der Waals surface area contributed by atoms with Crippen LogP contribution in [-0.4, -0.2) is 58.5 Å². The Morgan fingerprint density at radius 3 is 2.59 bits per heavy atom. The second kappa shape index (κ2) is 11.0. The summed E-state index contributed by atoms with van der Waals surface area (Å²) in [5.41, 5.74) is 9.01. The maximum absolute atomic E-state index is 11.3. The number of hydrogen-bond donors (Lipinski definition) is 2. The van der Waals surface area contributed by atoms with E-state index in [1.165, 1.54) is 0 Å². The fraction of sp³-hybridized carbons (Fsp3) is 0.207. The van der Waals surface area contributed by atoms with Gasteiger partial charge in [-0.1, -0.05) is 30.0 Å². The number of fused-ring (bicyclic) bond motifs is 1. The third-order valence-corrected chi connectivity index (χ3v) is 6.26. The van der Waals surface area contributed by atoms with Gasteiger partial charge in [0.25, 0.3) is 0 Å². The molecule has 0 bridgehead atoms. The molecule has 3 N–H and O–H groups in total. The van der Waals surface area contributed by atoms with Crippen LogP contribution in [0.25, 0.3) is 10.9 Å². The average Bonchev–Trinajstić information content (AvgIpc) is 2.91. The number of piperazine rings is 1. The number of carbonyl (C=O) groups excluding carboxylic acids is 1. The minimum Gasteiger partial charge on any atom is -0.457 e. The molecule has 0 radical (unpaired) electrons. The number of nitrogens with one attached hydrogen (secondary N) is 1. The Morgan fingerprint density at radius 2 is 1.84 bits per heavy atom. The van der Waals surface area contributed by atoms with E-state index in [-0.39, 0.29) is 6.03 Å². The zero-order chi connectivity index (χ0) is 25.6. The molecule has 1 aliphatic rings. The summed E-state index contributed by atoms with van der Waals surface area (Å²) in [6.45, 7) is 5.47. The van der Waals surface area contributed by atoms with Crippen LogP contribution < -0.4 is 15.8 Å². The van der Waals surface area contributed by atoms with Gasteiger partial charge in [0.2, 0.25) is 0 Å². The molecule has 5 rings (SSSR count). The number of benzene rings is 3. The summed E-state index contributed by atoms with van der Waals surface area (Å²) in [5, 5.41) is 4.32. The summed E-state index contributed by atoms with van der Waals surface area (Å²) in [6.07, 6.45) is 1.56. The third-order valence-electron chi connectivity index (χ3n) is 6.26. The van der Waals surface area contributed by atoms with Crippen molar-refractivity contribution in [2.24, 2.45) is 5.73 Å². The molecule has 8 nitrogen and oxygen atoms in total. The Bertz CT molecular complexity index is 1470. The fourth-order valence-corrected chi connectivity index (χ4v) is 4.21. The van der Waals surface area contributed by atoms with Gasteiger partial charge in [-0.15, -0.1) is 0 Å². The van der Waals surface area contributed by atoms with Gasteiger partial charge in [-0.3, -0.25) is 4.90 Å². The maximum Gasteiger partial charge on any atom is 0.314 e. The summed E-state index contributed by atoms with van der Waals surface area (Å²) in [4.78, 5) is 24.1. The van der Waals surface area contributed by atoms with Crippen molar-refractivity contribution in [1.82, 2.24) is 19.8 Å². The Labute approximate surface area is 216 Å². The maximum atomic E-state index is 11.3. The Balaban J connectivity index is 1.29. The van der Waals surface area contributed by atoms with Crippen molar-refractivity contribution in [3.8, 4) is 23.3 Å². The predicted octanol–water partition coefficient (Wildman–Crippen LogP) is 4.52. The summed E-state index contributed by atoms with van der Waals surface area (Å²) >= 11 is 0. The number of nitrogens with zero attached hydrogens (tertiary/aromatic N) is 4. The number of primary amides is 1. The first-order valence-corrected chi connectivity index (χ1v) is 12.2. The molecule has 0 aliphatic carbocycles. The summed E-state index contributed by atoms with van der Waals surface area (Å²) in [7, 11) is 0. The quantitative estimate of drug-likeness (QED) is 0.398. The summed E-state index contributed by atoms with van der Waals surface area (Å²) in [5.74, 6) is 8.82. The lowest BCUT2D eigenvalue weighted by atomic mass is 10.1. The van der Waals surface area contributed by atoms with Gasteiger partial charge in [-0.05, 0) is 61.0 Å². The second-order valence-corrected chi connectivity index (χ2v) is 8.88. The van der Waals surface area contributed by atoms with Gasteiger partial charge in [-0.25, -0.2) is 14.8 Å². The van der Waals surface area contributed by atoms with Crippen molar-refractivity contribution in [2.45, 2.75) is 6.92 Å². The minimum atomic E-state index is -0.361. The topological polar surface area (TPSA) is 96.6 Å². The van der Waals surface area contributed by atoms with E-state index in [0.29, 0.717) is 25.5 Å².